The molecule has 4 atom stereocenters. The lowest BCUT2D eigenvalue weighted by molar-refractivity contribution is -0.128. The summed E-state index contributed by atoms with van der Waals surface area (Å²) < 4.78 is 13.3. The molecule has 0 bridgehead atoms. The number of carbonyl (C=O) groups is 1. The van der Waals surface area contributed by atoms with Gasteiger partial charge in [0.1, 0.15) is 17.5 Å². The number of fused-ring (bicyclic) bond motifs is 1. The highest BCUT2D eigenvalue weighted by Crippen LogP contribution is 2.38. The lowest BCUT2D eigenvalue weighted by Crippen LogP contribution is -2.39. The molecule has 2 aromatic carbocycles. The number of hydrogen-bond acceptors (Lipinski definition) is 5. The Labute approximate surface area is 180 Å². The van der Waals surface area contributed by atoms with Crippen molar-refractivity contribution in [2.45, 2.75) is 31.1 Å². The molecule has 31 heavy (non-hydrogen) atoms. The van der Waals surface area contributed by atoms with Gasteiger partial charge in [-0.1, -0.05) is 36.4 Å². The third-order valence-electron chi connectivity index (χ3n) is 6.21. The van der Waals surface area contributed by atoms with Crippen LogP contribution in [0.4, 0.5) is 0 Å². The Morgan fingerprint density at radius 2 is 2.00 bits per heavy atom. The second-order valence-electron chi connectivity index (χ2n) is 7.98. The number of rotatable bonds is 5. The van der Waals surface area contributed by atoms with Gasteiger partial charge in [-0.15, -0.1) is 0 Å². The summed E-state index contributed by atoms with van der Waals surface area (Å²) in [7, 11) is 1.62. The van der Waals surface area contributed by atoms with E-state index in [1.165, 1.54) is 0 Å². The summed E-state index contributed by atoms with van der Waals surface area (Å²) in [5.41, 5.74) is 3.65. The van der Waals surface area contributed by atoms with Crippen LogP contribution in [0.2, 0.25) is 0 Å². The van der Waals surface area contributed by atoms with Crippen LogP contribution in [0.1, 0.15) is 35.4 Å². The average molecular weight is 419 g/mol. The molecule has 0 radical (unpaired) electrons. The van der Waals surface area contributed by atoms with Gasteiger partial charge in [0.2, 0.25) is 5.91 Å². The van der Waals surface area contributed by atoms with Crippen LogP contribution in [0.3, 0.4) is 0 Å². The topological polar surface area (TPSA) is 85.6 Å². The Balaban J connectivity index is 1.40. The van der Waals surface area contributed by atoms with Crippen molar-refractivity contribution < 1.29 is 19.4 Å². The molecule has 7 heteroatoms. The van der Waals surface area contributed by atoms with Crippen LogP contribution >= 0.6 is 0 Å². The van der Waals surface area contributed by atoms with Gasteiger partial charge in [0.05, 0.1) is 30.9 Å². The van der Waals surface area contributed by atoms with E-state index in [4.69, 9.17) is 9.47 Å². The predicted molar refractivity (Wildman–Crippen MR) is 114 cm³/mol. The summed E-state index contributed by atoms with van der Waals surface area (Å²) in [6, 6.07) is 16.9. The Bertz CT molecular complexity index is 1100. The standard InChI is InChI=1S/C24H25N3O4/c1-30-21-9-5-4-8-18(21)27-19(10-12-25-27)23-17(11-13-31-23)24(29)26-22-16-7-3-2-6-15(16)14-20(22)28/h2-10,12,17,20,22-23,28H,11,13-14H2,1H3,(H,26,29)/t17-,20-,22+,23-/m0/s1. The summed E-state index contributed by atoms with van der Waals surface area (Å²) in [5, 5.41) is 18.1. The van der Waals surface area contributed by atoms with E-state index in [-0.39, 0.29) is 11.8 Å². The van der Waals surface area contributed by atoms with Gasteiger partial charge >= 0.3 is 0 Å². The number of nitrogens with one attached hydrogen (secondary N) is 1. The quantitative estimate of drug-likeness (QED) is 0.664. The second-order valence-corrected chi connectivity index (χ2v) is 7.98. The molecular formula is C24H25N3O4. The lowest BCUT2D eigenvalue weighted by Gasteiger charge is -2.24. The van der Waals surface area contributed by atoms with E-state index in [2.05, 4.69) is 10.4 Å². The first-order valence-corrected chi connectivity index (χ1v) is 10.5. The molecule has 2 aliphatic rings. The maximum Gasteiger partial charge on any atom is 0.226 e. The van der Waals surface area contributed by atoms with Gasteiger partial charge in [-0.25, -0.2) is 4.68 Å². The van der Waals surface area contributed by atoms with Gasteiger partial charge in [-0.3, -0.25) is 4.79 Å². The Morgan fingerprint density at radius 3 is 2.87 bits per heavy atom. The number of amides is 1. The minimum absolute atomic E-state index is 0.115. The van der Waals surface area contributed by atoms with E-state index in [9.17, 15) is 9.90 Å². The van der Waals surface area contributed by atoms with Crippen molar-refractivity contribution in [1.82, 2.24) is 15.1 Å². The number of methoxy groups -OCH3 is 1. The van der Waals surface area contributed by atoms with Crippen LogP contribution in [0.5, 0.6) is 5.75 Å². The number of hydrogen-bond donors (Lipinski definition) is 2. The first kappa shape index (κ1) is 19.8. The predicted octanol–water partition coefficient (Wildman–Crippen LogP) is 2.73. The van der Waals surface area contributed by atoms with E-state index in [1.54, 1.807) is 18.0 Å². The van der Waals surface area contributed by atoms with Gasteiger partial charge in [-0.05, 0) is 35.7 Å². The SMILES string of the molecule is COc1ccccc1-n1nccc1[C@H]1OCC[C@@H]1C(=O)N[C@@H]1c2ccccc2C[C@@H]1O. The number of aliphatic hydroxyl groups is 1. The zero-order valence-corrected chi connectivity index (χ0v) is 17.3. The number of ether oxygens (including phenoxy) is 2. The highest BCUT2D eigenvalue weighted by molar-refractivity contribution is 5.80. The Kier molecular flexibility index (Phi) is 5.21. The minimum atomic E-state index is -0.624. The van der Waals surface area contributed by atoms with E-state index in [1.807, 2.05) is 54.6 Å². The fraction of sp³-hybridized carbons (Fsp3) is 0.333. The molecule has 160 valence electrons. The van der Waals surface area contributed by atoms with Crippen LogP contribution in [-0.4, -0.2) is 40.6 Å². The summed E-state index contributed by atoms with van der Waals surface area (Å²) in [6.07, 6.45) is 1.81. The van der Waals surface area contributed by atoms with E-state index >= 15 is 0 Å². The van der Waals surface area contributed by atoms with Crippen LogP contribution in [0.25, 0.3) is 5.69 Å². The largest absolute Gasteiger partial charge is 0.494 e. The second kappa shape index (κ2) is 8.17. The average Bonchev–Trinajstić information content (AvgIpc) is 3.52. The van der Waals surface area contributed by atoms with Gasteiger partial charge in [-0.2, -0.15) is 5.10 Å². The summed E-state index contributed by atoms with van der Waals surface area (Å²) in [6.45, 7) is 0.490. The van der Waals surface area contributed by atoms with Gasteiger partial charge < -0.3 is 19.9 Å². The molecule has 0 unspecified atom stereocenters. The molecule has 1 saturated heterocycles. The molecule has 2 heterocycles. The van der Waals surface area contributed by atoms with Crippen LogP contribution in [-0.2, 0) is 16.0 Å². The Morgan fingerprint density at radius 1 is 1.19 bits per heavy atom. The number of para-hydroxylation sites is 2. The number of aliphatic hydroxyl groups excluding tert-OH is 1. The third kappa shape index (κ3) is 3.49. The van der Waals surface area contributed by atoms with E-state index in [0.29, 0.717) is 25.2 Å². The fourth-order valence-corrected chi connectivity index (χ4v) is 4.69. The number of nitrogens with zero attached hydrogens (tertiary/aromatic N) is 2. The van der Waals surface area contributed by atoms with E-state index in [0.717, 1.165) is 22.5 Å². The minimum Gasteiger partial charge on any atom is -0.494 e. The molecule has 1 amide bonds. The molecular weight excluding hydrogens is 394 g/mol. The first-order valence-electron chi connectivity index (χ1n) is 10.5. The summed E-state index contributed by atoms with van der Waals surface area (Å²) in [5.74, 6) is 0.207. The molecule has 2 N–H and O–H groups in total. The van der Waals surface area contributed by atoms with Gasteiger partial charge in [0.15, 0.2) is 0 Å². The van der Waals surface area contributed by atoms with Gasteiger partial charge in [0.25, 0.3) is 0 Å². The van der Waals surface area contributed by atoms with Gasteiger partial charge in [0, 0.05) is 19.2 Å². The zero-order valence-electron chi connectivity index (χ0n) is 17.3. The summed E-state index contributed by atoms with van der Waals surface area (Å²) in [4.78, 5) is 13.3. The van der Waals surface area contributed by atoms with Crippen molar-refractivity contribution in [1.29, 1.82) is 0 Å². The maximum absolute atomic E-state index is 13.3. The normalized spacial score (nSPS) is 24.7. The smallest absolute Gasteiger partial charge is 0.226 e. The molecule has 3 aromatic rings. The third-order valence-corrected chi connectivity index (χ3v) is 6.21. The molecule has 1 aliphatic carbocycles. The number of aromatic nitrogens is 2. The van der Waals surface area contributed by atoms with Crippen molar-refractivity contribution in [2.24, 2.45) is 5.92 Å². The zero-order chi connectivity index (χ0) is 21.4. The van der Waals surface area contributed by atoms with Crippen molar-refractivity contribution >= 4 is 5.91 Å². The highest BCUT2D eigenvalue weighted by atomic mass is 16.5. The maximum atomic E-state index is 13.3. The Hall–Kier alpha value is -3.16. The molecule has 1 aliphatic heterocycles. The fourth-order valence-electron chi connectivity index (χ4n) is 4.69. The first-order chi connectivity index (χ1) is 15.2. The van der Waals surface area contributed by atoms with Crippen LogP contribution in [0.15, 0.2) is 60.8 Å². The molecule has 7 nitrogen and oxygen atoms in total. The lowest BCUT2D eigenvalue weighted by atomic mass is 9.96. The number of carbonyl (C=O) groups excluding carboxylic acids is 1. The van der Waals surface area contributed by atoms with E-state index < -0.39 is 18.2 Å². The van der Waals surface area contributed by atoms with Crippen LogP contribution in [0, 0.1) is 5.92 Å². The molecule has 1 fully saturated rings. The molecule has 5 rings (SSSR count). The molecule has 0 saturated carbocycles. The molecule has 1 aromatic heterocycles. The number of benzene rings is 2. The highest BCUT2D eigenvalue weighted by Gasteiger charge is 2.40. The van der Waals surface area contributed by atoms with Crippen molar-refractivity contribution in [3.8, 4) is 11.4 Å². The van der Waals surface area contributed by atoms with Crippen LogP contribution < -0.4 is 10.1 Å². The molecule has 0 spiro atoms. The van der Waals surface area contributed by atoms with Crippen molar-refractivity contribution in [3.05, 3.63) is 77.6 Å². The van der Waals surface area contributed by atoms with Crippen molar-refractivity contribution in [2.75, 3.05) is 13.7 Å². The van der Waals surface area contributed by atoms with Crippen molar-refractivity contribution in [3.63, 3.8) is 0 Å². The monoisotopic (exact) mass is 419 g/mol. The summed E-state index contributed by atoms with van der Waals surface area (Å²) >= 11 is 0.